The number of hydrogen-bond donors (Lipinski definition) is 0. The van der Waals surface area contributed by atoms with Crippen molar-refractivity contribution in [1.82, 2.24) is 0 Å². The van der Waals surface area contributed by atoms with Gasteiger partial charge in [0.05, 0.1) is 0 Å². The molecule has 11 heavy (non-hydrogen) atoms. The molecule has 0 heterocycles. The molecule has 0 aliphatic rings. The predicted octanol–water partition coefficient (Wildman–Crippen LogP) is 1.49. The van der Waals surface area contributed by atoms with Gasteiger partial charge in [0, 0.05) is 0 Å². The van der Waals surface area contributed by atoms with Gasteiger partial charge < -0.3 is 0 Å². The Labute approximate surface area is 91.3 Å². The van der Waals surface area contributed by atoms with Crippen molar-refractivity contribution in [3.8, 4) is 6.07 Å². The molecule has 1 nitrogen and oxygen atoms in total. The molecule has 0 saturated carbocycles. The molecule has 0 saturated heterocycles. The van der Waals surface area contributed by atoms with Crippen molar-refractivity contribution in [3.05, 3.63) is 29.6 Å². The number of nitrogens with zero attached hydrogens (tertiary/aromatic N) is 1. The SMILES string of the molecule is I.N#Cc1c(F)ccc[c]1[Zn]. The number of rotatable bonds is 0. The van der Waals surface area contributed by atoms with E-state index in [0.29, 0.717) is 0 Å². The first kappa shape index (κ1) is 11.0. The van der Waals surface area contributed by atoms with Crippen molar-refractivity contribution in [2.75, 3.05) is 0 Å². The third-order valence-electron chi connectivity index (χ3n) is 1.21. The van der Waals surface area contributed by atoms with Crippen LogP contribution < -0.4 is 4.16 Å². The fourth-order valence-corrected chi connectivity index (χ4v) is 1.50. The van der Waals surface area contributed by atoms with E-state index in [1.165, 1.54) is 6.07 Å². The maximum absolute atomic E-state index is 12.6. The molecule has 0 atom stereocenters. The Morgan fingerprint density at radius 3 is 2.45 bits per heavy atom. The molecule has 0 amide bonds. The molecule has 0 aliphatic carbocycles. The van der Waals surface area contributed by atoms with Crippen LogP contribution in [0.5, 0.6) is 0 Å². The van der Waals surface area contributed by atoms with Gasteiger partial charge in [0.2, 0.25) is 0 Å². The Balaban J connectivity index is 0.000001000. The van der Waals surface area contributed by atoms with Crippen molar-refractivity contribution >= 4 is 28.1 Å². The van der Waals surface area contributed by atoms with Crippen LogP contribution in [0.15, 0.2) is 18.2 Å². The van der Waals surface area contributed by atoms with Gasteiger partial charge in [-0.1, -0.05) is 0 Å². The zero-order chi connectivity index (χ0) is 7.56. The molecule has 1 rings (SSSR count). The first-order valence-corrected chi connectivity index (χ1v) is 4.24. The van der Waals surface area contributed by atoms with Crippen LogP contribution in [0.25, 0.3) is 0 Å². The molecule has 0 fully saturated rings. The van der Waals surface area contributed by atoms with E-state index in [9.17, 15) is 4.39 Å². The van der Waals surface area contributed by atoms with E-state index in [1.54, 1.807) is 12.1 Å². The summed E-state index contributed by atoms with van der Waals surface area (Å²) in [5.74, 6) is -0.411. The summed E-state index contributed by atoms with van der Waals surface area (Å²) in [7, 11) is 0. The first-order valence-electron chi connectivity index (χ1n) is 2.76. The van der Waals surface area contributed by atoms with Crippen LogP contribution in [0.4, 0.5) is 4.39 Å². The fourth-order valence-electron chi connectivity index (χ4n) is 0.694. The molecule has 0 unspecified atom stereocenters. The maximum atomic E-state index is 12.6. The summed E-state index contributed by atoms with van der Waals surface area (Å²) >= 11 is 0.820. The molecule has 0 bridgehead atoms. The molecule has 0 aliphatic heterocycles. The van der Waals surface area contributed by atoms with E-state index in [2.05, 4.69) is 0 Å². The zero-order valence-electron chi connectivity index (χ0n) is 5.67. The Morgan fingerprint density at radius 2 is 2.09 bits per heavy atom. The molecule has 1 aromatic carbocycles. The van der Waals surface area contributed by atoms with Crippen LogP contribution in [-0.2, 0) is 18.3 Å². The second kappa shape index (κ2) is 4.79. The average molecular weight is 313 g/mol. The van der Waals surface area contributed by atoms with Crippen LogP contribution in [0.2, 0.25) is 0 Å². The number of benzene rings is 1. The fraction of sp³-hybridized carbons (Fsp3) is 0. The monoisotopic (exact) mass is 312 g/mol. The summed E-state index contributed by atoms with van der Waals surface area (Å²) in [5, 5.41) is 8.43. The van der Waals surface area contributed by atoms with Crippen LogP contribution >= 0.6 is 24.0 Å². The molecule has 1 aromatic rings. The van der Waals surface area contributed by atoms with Gasteiger partial charge in [0.15, 0.2) is 0 Å². The van der Waals surface area contributed by atoms with Gasteiger partial charge in [-0.05, 0) is 0 Å². The Kier molecular flexibility index (Phi) is 4.78. The van der Waals surface area contributed by atoms with Gasteiger partial charge >= 0.3 is 67.8 Å². The van der Waals surface area contributed by atoms with Crippen LogP contribution in [0, 0.1) is 17.1 Å². The van der Waals surface area contributed by atoms with Crippen molar-refractivity contribution < 1.29 is 22.7 Å². The van der Waals surface area contributed by atoms with Gasteiger partial charge in [0.1, 0.15) is 0 Å². The zero-order valence-corrected chi connectivity index (χ0v) is 11.0. The Hall–Kier alpha value is -0.00662. The normalized spacial score (nSPS) is 8.18. The molecular formula is C7H4FINZn. The number of nitriles is 1. The van der Waals surface area contributed by atoms with Crippen molar-refractivity contribution in [2.24, 2.45) is 0 Å². The van der Waals surface area contributed by atoms with Crippen molar-refractivity contribution in [2.45, 2.75) is 0 Å². The van der Waals surface area contributed by atoms with Crippen LogP contribution in [0.3, 0.4) is 0 Å². The van der Waals surface area contributed by atoms with E-state index >= 15 is 0 Å². The summed E-state index contributed by atoms with van der Waals surface area (Å²) in [6, 6.07) is 6.51. The molecule has 0 aromatic heterocycles. The van der Waals surface area contributed by atoms with Crippen molar-refractivity contribution in [3.63, 3.8) is 0 Å². The van der Waals surface area contributed by atoms with Gasteiger partial charge in [0.25, 0.3) is 0 Å². The predicted molar refractivity (Wildman–Crippen MR) is 46.2 cm³/mol. The van der Waals surface area contributed by atoms with Gasteiger partial charge in [-0.15, -0.1) is 24.0 Å². The van der Waals surface area contributed by atoms with E-state index in [0.717, 1.165) is 22.5 Å². The number of halogens is 2. The van der Waals surface area contributed by atoms with Gasteiger partial charge in [-0.3, -0.25) is 0 Å². The molecule has 0 N–H and O–H groups in total. The summed E-state index contributed by atoms with van der Waals surface area (Å²) in [4.78, 5) is 0. The van der Waals surface area contributed by atoms with E-state index in [-0.39, 0.29) is 29.5 Å². The summed E-state index contributed by atoms with van der Waals surface area (Å²) in [6.45, 7) is 0. The molecule has 4 heteroatoms. The van der Waals surface area contributed by atoms with Crippen molar-refractivity contribution in [1.29, 1.82) is 5.26 Å². The molecule has 53 valence electrons. The first-order chi connectivity index (χ1) is 4.75. The molecule has 0 spiro atoms. The summed E-state index contributed by atoms with van der Waals surface area (Å²) in [6.07, 6.45) is 0. The minimum atomic E-state index is -0.411. The topological polar surface area (TPSA) is 23.8 Å². The van der Waals surface area contributed by atoms with Gasteiger partial charge in [-0.2, -0.15) is 0 Å². The molecular weight excluding hydrogens is 309 g/mol. The van der Waals surface area contributed by atoms with Gasteiger partial charge in [-0.25, -0.2) is 0 Å². The van der Waals surface area contributed by atoms with E-state index < -0.39 is 5.82 Å². The second-order valence-electron chi connectivity index (χ2n) is 1.89. The Morgan fingerprint density at radius 1 is 1.45 bits per heavy atom. The number of hydrogen-bond acceptors (Lipinski definition) is 1. The summed E-state index contributed by atoms with van der Waals surface area (Å²) in [5.41, 5.74) is 0.197. The Bertz CT molecular complexity index is 275. The quantitative estimate of drug-likeness (QED) is 0.526. The minimum absolute atomic E-state index is 0. The summed E-state index contributed by atoms with van der Waals surface area (Å²) < 4.78 is 13.5. The second-order valence-corrected chi connectivity index (χ2v) is 3.48. The van der Waals surface area contributed by atoms with Crippen LogP contribution in [0.1, 0.15) is 5.56 Å². The third kappa shape index (κ3) is 2.50. The van der Waals surface area contributed by atoms with E-state index in [1.807, 2.05) is 6.07 Å². The molecule has 0 radical (unpaired) electrons. The average Bonchev–Trinajstić information content (AvgIpc) is 1.88. The standard InChI is InChI=1S/C7H3FN.HI.Zn/c8-7-4-2-1-3-6(7)5-9;;/h1-2,4H;1H;. The van der Waals surface area contributed by atoms with Crippen LogP contribution in [-0.4, -0.2) is 0 Å². The van der Waals surface area contributed by atoms with E-state index in [4.69, 9.17) is 5.26 Å². The third-order valence-corrected chi connectivity index (χ3v) is 2.45.